The molecule has 0 amide bonds. The van der Waals surface area contributed by atoms with Crippen LogP contribution >= 0.6 is 0 Å². The summed E-state index contributed by atoms with van der Waals surface area (Å²) in [7, 11) is 1.63. The maximum absolute atomic E-state index is 12.6. The number of ether oxygens (including phenoxy) is 1. The molecular formula is C17H14O3. The lowest BCUT2D eigenvalue weighted by Crippen LogP contribution is -2.01. The first-order valence-electron chi connectivity index (χ1n) is 6.36. The summed E-state index contributed by atoms with van der Waals surface area (Å²) in [6, 6.07) is 13.1. The minimum Gasteiger partial charge on any atom is -0.496 e. The Kier molecular flexibility index (Phi) is 3.03. The smallest absolute Gasteiger partial charge is 0.196 e. The van der Waals surface area contributed by atoms with Crippen LogP contribution in [0.25, 0.3) is 10.8 Å². The van der Waals surface area contributed by atoms with Crippen molar-refractivity contribution >= 4 is 16.6 Å². The Morgan fingerprint density at radius 3 is 2.50 bits per heavy atom. The standard InChI is InChI=1S/C17H14O3/c1-11-9-12(10-20-11)17(18)15-7-8-16(19-2)14-6-4-3-5-13(14)15/h3-10H,1-2H3. The van der Waals surface area contributed by atoms with Crippen LogP contribution in [0.2, 0.25) is 0 Å². The van der Waals surface area contributed by atoms with Crippen LogP contribution in [-0.4, -0.2) is 12.9 Å². The SMILES string of the molecule is COc1ccc(C(=O)c2coc(C)c2)c2ccccc12. The van der Waals surface area contributed by atoms with E-state index in [-0.39, 0.29) is 5.78 Å². The number of fused-ring (bicyclic) bond motifs is 1. The summed E-state index contributed by atoms with van der Waals surface area (Å²) in [4.78, 5) is 12.6. The van der Waals surface area contributed by atoms with E-state index < -0.39 is 0 Å². The summed E-state index contributed by atoms with van der Waals surface area (Å²) < 4.78 is 10.6. The molecule has 0 bridgehead atoms. The topological polar surface area (TPSA) is 39.4 Å². The van der Waals surface area contributed by atoms with Gasteiger partial charge in [0.05, 0.1) is 12.7 Å². The number of methoxy groups -OCH3 is 1. The fraction of sp³-hybridized carbons (Fsp3) is 0.118. The van der Waals surface area contributed by atoms with E-state index in [1.165, 1.54) is 6.26 Å². The van der Waals surface area contributed by atoms with Crippen LogP contribution in [0, 0.1) is 6.92 Å². The molecule has 0 atom stereocenters. The number of hydrogen-bond donors (Lipinski definition) is 0. The Labute approximate surface area is 116 Å². The van der Waals surface area contributed by atoms with E-state index >= 15 is 0 Å². The van der Waals surface area contributed by atoms with Gasteiger partial charge in [0.2, 0.25) is 0 Å². The van der Waals surface area contributed by atoms with Crippen LogP contribution in [0.1, 0.15) is 21.7 Å². The van der Waals surface area contributed by atoms with Gasteiger partial charge in [0.15, 0.2) is 5.78 Å². The van der Waals surface area contributed by atoms with Crippen LogP contribution in [0.4, 0.5) is 0 Å². The monoisotopic (exact) mass is 266 g/mol. The molecule has 3 nitrogen and oxygen atoms in total. The highest BCUT2D eigenvalue weighted by Gasteiger charge is 2.16. The molecule has 0 saturated heterocycles. The summed E-state index contributed by atoms with van der Waals surface area (Å²) in [5.74, 6) is 1.45. The molecule has 1 aromatic heterocycles. The fourth-order valence-electron chi connectivity index (χ4n) is 2.37. The van der Waals surface area contributed by atoms with Gasteiger partial charge in [0, 0.05) is 10.9 Å². The predicted molar refractivity (Wildman–Crippen MR) is 77.4 cm³/mol. The fourth-order valence-corrected chi connectivity index (χ4v) is 2.37. The van der Waals surface area contributed by atoms with Crippen molar-refractivity contribution < 1.29 is 13.9 Å². The average Bonchev–Trinajstić information content (AvgIpc) is 2.92. The molecule has 20 heavy (non-hydrogen) atoms. The van der Waals surface area contributed by atoms with Crippen LogP contribution in [0.3, 0.4) is 0 Å². The van der Waals surface area contributed by atoms with Gasteiger partial charge in [0.1, 0.15) is 17.8 Å². The molecule has 3 rings (SSSR count). The molecular weight excluding hydrogens is 252 g/mol. The maximum atomic E-state index is 12.6. The summed E-state index contributed by atoms with van der Waals surface area (Å²) in [5, 5.41) is 1.82. The molecule has 0 fully saturated rings. The van der Waals surface area contributed by atoms with Gasteiger partial charge in [-0.1, -0.05) is 24.3 Å². The first kappa shape index (κ1) is 12.5. The third-order valence-electron chi connectivity index (χ3n) is 3.34. The first-order valence-corrected chi connectivity index (χ1v) is 6.36. The number of furan rings is 1. The van der Waals surface area contributed by atoms with Crippen molar-refractivity contribution in [2.75, 3.05) is 7.11 Å². The first-order chi connectivity index (χ1) is 9.70. The Morgan fingerprint density at radius 2 is 1.85 bits per heavy atom. The van der Waals surface area contributed by atoms with Crippen molar-refractivity contribution in [2.24, 2.45) is 0 Å². The van der Waals surface area contributed by atoms with E-state index in [0.717, 1.165) is 22.3 Å². The molecule has 1 heterocycles. The van der Waals surface area contributed by atoms with Crippen molar-refractivity contribution in [3.05, 3.63) is 65.6 Å². The maximum Gasteiger partial charge on any atom is 0.196 e. The quantitative estimate of drug-likeness (QED) is 0.673. The lowest BCUT2D eigenvalue weighted by Gasteiger charge is -2.09. The number of carbonyl (C=O) groups is 1. The van der Waals surface area contributed by atoms with Crippen molar-refractivity contribution in [2.45, 2.75) is 6.92 Å². The zero-order valence-corrected chi connectivity index (χ0v) is 11.3. The molecule has 3 heteroatoms. The van der Waals surface area contributed by atoms with Crippen LogP contribution in [0.15, 0.2) is 53.1 Å². The van der Waals surface area contributed by atoms with Gasteiger partial charge in [-0.2, -0.15) is 0 Å². The lowest BCUT2D eigenvalue weighted by atomic mass is 9.98. The summed E-state index contributed by atoms with van der Waals surface area (Å²) in [6.07, 6.45) is 1.50. The zero-order chi connectivity index (χ0) is 14.1. The Morgan fingerprint density at radius 1 is 1.10 bits per heavy atom. The predicted octanol–water partition coefficient (Wildman–Crippen LogP) is 3.98. The summed E-state index contributed by atoms with van der Waals surface area (Å²) in [6.45, 7) is 1.82. The molecule has 3 aromatic rings. The van der Waals surface area contributed by atoms with Crippen molar-refractivity contribution in [3.63, 3.8) is 0 Å². The van der Waals surface area contributed by atoms with E-state index in [2.05, 4.69) is 0 Å². The normalized spacial score (nSPS) is 10.7. The lowest BCUT2D eigenvalue weighted by molar-refractivity contribution is 0.103. The van der Waals surface area contributed by atoms with Crippen LogP contribution in [0.5, 0.6) is 5.75 Å². The van der Waals surface area contributed by atoms with Gasteiger partial charge in [0.25, 0.3) is 0 Å². The van der Waals surface area contributed by atoms with E-state index in [1.807, 2.05) is 37.3 Å². The second-order valence-corrected chi connectivity index (χ2v) is 4.64. The molecule has 0 radical (unpaired) electrons. The van der Waals surface area contributed by atoms with Crippen molar-refractivity contribution in [1.29, 1.82) is 0 Å². The van der Waals surface area contributed by atoms with Gasteiger partial charge in [-0.05, 0) is 30.5 Å². The van der Waals surface area contributed by atoms with Crippen molar-refractivity contribution in [3.8, 4) is 5.75 Å². The van der Waals surface area contributed by atoms with Gasteiger partial charge in [-0.25, -0.2) is 0 Å². The third-order valence-corrected chi connectivity index (χ3v) is 3.34. The molecule has 0 spiro atoms. The Bertz CT molecular complexity index is 784. The van der Waals surface area contributed by atoms with Crippen LogP contribution in [-0.2, 0) is 0 Å². The highest BCUT2D eigenvalue weighted by atomic mass is 16.5. The number of aryl methyl sites for hydroxylation is 1. The minimum atomic E-state index is -0.0410. The van der Waals surface area contributed by atoms with E-state index in [0.29, 0.717) is 11.1 Å². The minimum absolute atomic E-state index is 0.0410. The molecule has 100 valence electrons. The van der Waals surface area contributed by atoms with E-state index in [1.54, 1.807) is 19.2 Å². The highest BCUT2D eigenvalue weighted by Crippen LogP contribution is 2.29. The molecule has 0 saturated carbocycles. The number of carbonyl (C=O) groups excluding carboxylic acids is 1. The second-order valence-electron chi connectivity index (χ2n) is 4.64. The van der Waals surface area contributed by atoms with Gasteiger partial charge >= 0.3 is 0 Å². The second kappa shape index (κ2) is 4.85. The Hall–Kier alpha value is -2.55. The summed E-state index contributed by atoms with van der Waals surface area (Å²) >= 11 is 0. The largest absolute Gasteiger partial charge is 0.496 e. The zero-order valence-electron chi connectivity index (χ0n) is 11.3. The summed E-state index contributed by atoms with van der Waals surface area (Å²) in [5.41, 5.74) is 1.22. The Balaban J connectivity index is 2.20. The number of hydrogen-bond acceptors (Lipinski definition) is 3. The molecule has 0 unspecified atom stereocenters. The average molecular weight is 266 g/mol. The van der Waals surface area contributed by atoms with E-state index in [9.17, 15) is 4.79 Å². The third kappa shape index (κ3) is 1.97. The van der Waals surface area contributed by atoms with Gasteiger partial charge in [-0.3, -0.25) is 4.79 Å². The highest BCUT2D eigenvalue weighted by molar-refractivity contribution is 6.17. The van der Waals surface area contributed by atoms with Crippen molar-refractivity contribution in [1.82, 2.24) is 0 Å². The van der Waals surface area contributed by atoms with Gasteiger partial charge in [-0.15, -0.1) is 0 Å². The van der Waals surface area contributed by atoms with E-state index in [4.69, 9.17) is 9.15 Å². The molecule has 0 N–H and O–H groups in total. The molecule has 0 aliphatic rings. The molecule has 0 aliphatic carbocycles. The molecule has 2 aromatic carbocycles. The number of benzene rings is 2. The molecule has 0 aliphatic heterocycles. The van der Waals surface area contributed by atoms with Gasteiger partial charge < -0.3 is 9.15 Å². The number of ketones is 1. The van der Waals surface area contributed by atoms with Crippen LogP contribution < -0.4 is 4.74 Å². The number of rotatable bonds is 3.